The van der Waals surface area contributed by atoms with Gasteiger partial charge in [-0.25, -0.2) is 8.42 Å². The van der Waals surface area contributed by atoms with E-state index in [-0.39, 0.29) is 0 Å². The summed E-state index contributed by atoms with van der Waals surface area (Å²) in [5, 5.41) is 8.70. The second kappa shape index (κ2) is 6.63. The maximum atomic E-state index is 13.0. The van der Waals surface area contributed by atoms with Crippen LogP contribution in [0.1, 0.15) is 28.8 Å². The van der Waals surface area contributed by atoms with Crippen LogP contribution in [-0.4, -0.2) is 49.1 Å². The van der Waals surface area contributed by atoms with Crippen LogP contribution in [0.15, 0.2) is 29.2 Å². The molecule has 1 fully saturated rings. The number of anilines is 1. The standard InChI is InChI=1S/C19H24N4O2S/c1-14-6-7-18(15(2)12-14)26(24,25)23-10-8-22(9-11-23)19-13-16-4-3-5-17(16)20-21-19/h6-7,12-13H,3-5,8-11H2,1-2H3. The van der Waals surface area contributed by atoms with E-state index in [0.29, 0.717) is 31.1 Å². The zero-order valence-electron chi connectivity index (χ0n) is 15.3. The van der Waals surface area contributed by atoms with Gasteiger partial charge in [-0.05, 0) is 56.4 Å². The third-order valence-corrected chi connectivity index (χ3v) is 7.38. The molecule has 26 heavy (non-hydrogen) atoms. The number of benzene rings is 1. The minimum atomic E-state index is -3.45. The number of hydrogen-bond donors (Lipinski definition) is 0. The van der Waals surface area contributed by atoms with Crippen LogP contribution in [0.4, 0.5) is 5.82 Å². The van der Waals surface area contributed by atoms with Gasteiger partial charge < -0.3 is 4.90 Å². The molecule has 6 nitrogen and oxygen atoms in total. The van der Waals surface area contributed by atoms with E-state index < -0.39 is 10.0 Å². The molecule has 0 saturated carbocycles. The Morgan fingerprint density at radius 2 is 1.73 bits per heavy atom. The molecule has 0 bridgehead atoms. The van der Waals surface area contributed by atoms with Crippen molar-refractivity contribution < 1.29 is 8.42 Å². The molecule has 7 heteroatoms. The Kier molecular flexibility index (Phi) is 4.44. The second-order valence-corrected chi connectivity index (χ2v) is 9.09. The largest absolute Gasteiger partial charge is 0.352 e. The molecule has 1 aromatic carbocycles. The fourth-order valence-corrected chi connectivity index (χ4v) is 5.49. The van der Waals surface area contributed by atoms with E-state index in [1.165, 1.54) is 5.56 Å². The highest BCUT2D eigenvalue weighted by molar-refractivity contribution is 7.89. The minimum absolute atomic E-state index is 0.411. The van der Waals surface area contributed by atoms with E-state index >= 15 is 0 Å². The van der Waals surface area contributed by atoms with Crippen LogP contribution in [-0.2, 0) is 22.9 Å². The monoisotopic (exact) mass is 372 g/mol. The Morgan fingerprint density at radius 1 is 0.962 bits per heavy atom. The fraction of sp³-hybridized carbons (Fsp3) is 0.474. The molecule has 1 aliphatic carbocycles. The average Bonchev–Trinajstić information content (AvgIpc) is 3.09. The molecule has 0 atom stereocenters. The third kappa shape index (κ3) is 3.10. The van der Waals surface area contributed by atoms with Crippen molar-refractivity contribution in [3.63, 3.8) is 0 Å². The number of aryl methyl sites for hydroxylation is 4. The summed E-state index contributed by atoms with van der Waals surface area (Å²) in [4.78, 5) is 2.55. The fourth-order valence-electron chi connectivity index (χ4n) is 3.86. The summed E-state index contributed by atoms with van der Waals surface area (Å²) in [6.07, 6.45) is 3.23. The lowest BCUT2D eigenvalue weighted by atomic mass is 10.2. The number of rotatable bonds is 3. The van der Waals surface area contributed by atoms with Gasteiger partial charge in [0.1, 0.15) is 0 Å². The van der Waals surface area contributed by atoms with Gasteiger partial charge in [-0.15, -0.1) is 5.10 Å². The first-order chi connectivity index (χ1) is 12.4. The molecule has 2 aromatic rings. The van der Waals surface area contributed by atoms with Crippen LogP contribution in [0.2, 0.25) is 0 Å². The van der Waals surface area contributed by atoms with Crippen LogP contribution in [0.25, 0.3) is 0 Å². The average molecular weight is 372 g/mol. The highest BCUT2D eigenvalue weighted by atomic mass is 32.2. The molecular formula is C19H24N4O2S. The number of hydrogen-bond acceptors (Lipinski definition) is 5. The lowest BCUT2D eigenvalue weighted by molar-refractivity contribution is 0.383. The molecule has 4 rings (SSSR count). The van der Waals surface area contributed by atoms with Gasteiger partial charge in [0.2, 0.25) is 10.0 Å². The molecule has 0 N–H and O–H groups in total. The Balaban J connectivity index is 1.49. The van der Waals surface area contributed by atoms with Gasteiger partial charge in [0.15, 0.2) is 5.82 Å². The topological polar surface area (TPSA) is 66.4 Å². The highest BCUT2D eigenvalue weighted by Gasteiger charge is 2.30. The summed E-state index contributed by atoms with van der Waals surface area (Å²) >= 11 is 0. The molecule has 1 saturated heterocycles. The van der Waals surface area contributed by atoms with E-state index in [1.54, 1.807) is 10.4 Å². The van der Waals surface area contributed by atoms with Gasteiger partial charge in [0.25, 0.3) is 0 Å². The van der Waals surface area contributed by atoms with Crippen molar-refractivity contribution in [2.45, 2.75) is 38.0 Å². The summed E-state index contributed by atoms with van der Waals surface area (Å²) in [7, 11) is -3.45. The number of piperazine rings is 1. The minimum Gasteiger partial charge on any atom is -0.352 e. The molecule has 2 aliphatic rings. The number of nitrogens with zero attached hydrogens (tertiary/aromatic N) is 4. The summed E-state index contributed by atoms with van der Waals surface area (Å²) in [6.45, 7) is 6.04. The lowest BCUT2D eigenvalue weighted by Crippen LogP contribution is -2.49. The number of fused-ring (bicyclic) bond motifs is 1. The smallest absolute Gasteiger partial charge is 0.243 e. The molecule has 0 amide bonds. The van der Waals surface area contributed by atoms with Crippen molar-refractivity contribution in [3.05, 3.63) is 46.6 Å². The van der Waals surface area contributed by atoms with Gasteiger partial charge in [-0.3, -0.25) is 0 Å². The summed E-state index contributed by atoms with van der Waals surface area (Å²) in [5.74, 6) is 0.870. The van der Waals surface area contributed by atoms with Crippen LogP contribution in [0, 0.1) is 13.8 Å². The van der Waals surface area contributed by atoms with Crippen molar-refractivity contribution in [3.8, 4) is 0 Å². The van der Waals surface area contributed by atoms with Crippen molar-refractivity contribution >= 4 is 15.8 Å². The lowest BCUT2D eigenvalue weighted by Gasteiger charge is -2.34. The zero-order chi connectivity index (χ0) is 18.3. The molecular weight excluding hydrogens is 348 g/mol. The van der Waals surface area contributed by atoms with Gasteiger partial charge in [-0.2, -0.15) is 9.40 Å². The predicted molar refractivity (Wildman–Crippen MR) is 101 cm³/mol. The molecule has 1 aliphatic heterocycles. The Labute approximate surface area is 154 Å². The highest BCUT2D eigenvalue weighted by Crippen LogP contribution is 2.25. The van der Waals surface area contributed by atoms with E-state index in [1.807, 2.05) is 26.0 Å². The Morgan fingerprint density at radius 3 is 2.46 bits per heavy atom. The van der Waals surface area contributed by atoms with Gasteiger partial charge in [-0.1, -0.05) is 17.7 Å². The zero-order valence-corrected chi connectivity index (χ0v) is 16.1. The molecule has 0 radical (unpaired) electrons. The van der Waals surface area contributed by atoms with Crippen LogP contribution < -0.4 is 4.90 Å². The molecule has 0 spiro atoms. The maximum absolute atomic E-state index is 13.0. The van der Waals surface area contributed by atoms with Crippen molar-refractivity contribution in [2.75, 3.05) is 31.1 Å². The summed E-state index contributed by atoms with van der Waals surface area (Å²) in [5.41, 5.74) is 4.28. The molecule has 0 unspecified atom stereocenters. The quantitative estimate of drug-likeness (QED) is 0.825. The van der Waals surface area contributed by atoms with Crippen molar-refractivity contribution in [1.82, 2.24) is 14.5 Å². The summed E-state index contributed by atoms with van der Waals surface area (Å²) in [6, 6.07) is 7.63. The van der Waals surface area contributed by atoms with Crippen LogP contribution in [0.5, 0.6) is 0 Å². The van der Waals surface area contributed by atoms with Crippen LogP contribution >= 0.6 is 0 Å². The number of aromatic nitrogens is 2. The van der Waals surface area contributed by atoms with E-state index in [4.69, 9.17) is 0 Å². The van der Waals surface area contributed by atoms with Crippen molar-refractivity contribution in [2.24, 2.45) is 0 Å². The van der Waals surface area contributed by atoms with Crippen LogP contribution in [0.3, 0.4) is 0 Å². The van der Waals surface area contributed by atoms with Crippen molar-refractivity contribution in [1.29, 1.82) is 0 Å². The van der Waals surface area contributed by atoms with E-state index in [9.17, 15) is 8.42 Å². The first-order valence-corrected chi connectivity index (χ1v) is 10.6. The third-order valence-electron chi connectivity index (χ3n) is 5.32. The number of sulfonamides is 1. The van der Waals surface area contributed by atoms with Gasteiger partial charge in [0, 0.05) is 26.2 Å². The Bertz CT molecular complexity index is 935. The molecule has 138 valence electrons. The summed E-state index contributed by atoms with van der Waals surface area (Å²) < 4.78 is 27.6. The van der Waals surface area contributed by atoms with Gasteiger partial charge in [0.05, 0.1) is 10.6 Å². The van der Waals surface area contributed by atoms with E-state index in [2.05, 4.69) is 21.2 Å². The predicted octanol–water partition coefficient (Wildman–Crippen LogP) is 2.09. The van der Waals surface area contributed by atoms with E-state index in [0.717, 1.165) is 41.9 Å². The van der Waals surface area contributed by atoms with Gasteiger partial charge >= 0.3 is 0 Å². The first kappa shape index (κ1) is 17.4. The SMILES string of the molecule is Cc1ccc(S(=O)(=O)N2CCN(c3cc4c(nn3)CCC4)CC2)c(C)c1. The first-order valence-electron chi connectivity index (χ1n) is 9.13. The second-order valence-electron chi connectivity index (χ2n) is 7.19. The molecule has 1 aromatic heterocycles. The normalized spacial score (nSPS) is 18.2. The molecule has 2 heterocycles. The Hall–Kier alpha value is -1.99. The maximum Gasteiger partial charge on any atom is 0.243 e.